The average Bonchev–Trinajstić information content (AvgIpc) is 2.67. The van der Waals surface area contributed by atoms with E-state index in [9.17, 15) is 4.79 Å². The van der Waals surface area contributed by atoms with Crippen molar-refractivity contribution >= 4 is 21.8 Å². The molecule has 0 radical (unpaired) electrons. The van der Waals surface area contributed by atoms with Crippen molar-refractivity contribution < 1.29 is 4.79 Å². The Morgan fingerprint density at radius 3 is 2.78 bits per heavy atom. The van der Waals surface area contributed by atoms with Gasteiger partial charge in [0.05, 0.1) is 0 Å². The van der Waals surface area contributed by atoms with Crippen molar-refractivity contribution in [3.05, 3.63) is 33.8 Å². The van der Waals surface area contributed by atoms with Crippen molar-refractivity contribution in [2.75, 3.05) is 6.54 Å². The number of rotatable bonds is 2. The smallest absolute Gasteiger partial charge is 0.254 e. The fraction of sp³-hybridized carbons (Fsp3) is 0.533. The zero-order chi connectivity index (χ0) is 12.5. The van der Waals surface area contributed by atoms with E-state index in [-0.39, 0.29) is 5.91 Å². The summed E-state index contributed by atoms with van der Waals surface area (Å²) >= 11 is 3.47. The van der Waals surface area contributed by atoms with Crippen LogP contribution in [0.5, 0.6) is 0 Å². The summed E-state index contributed by atoms with van der Waals surface area (Å²) in [5.74, 6) is 0.948. The van der Waals surface area contributed by atoms with Gasteiger partial charge in [-0.1, -0.05) is 35.2 Å². The molecule has 0 atom stereocenters. The Labute approximate surface area is 116 Å². The number of halogens is 1. The number of amides is 1. The van der Waals surface area contributed by atoms with E-state index >= 15 is 0 Å². The van der Waals surface area contributed by atoms with Crippen molar-refractivity contribution in [1.82, 2.24) is 4.90 Å². The molecule has 1 saturated carbocycles. The highest BCUT2D eigenvalue weighted by Gasteiger charge is 2.29. The van der Waals surface area contributed by atoms with Gasteiger partial charge in [-0.25, -0.2) is 0 Å². The predicted molar refractivity (Wildman–Crippen MR) is 75.5 cm³/mol. The third-order valence-electron chi connectivity index (χ3n) is 4.15. The maximum absolute atomic E-state index is 12.3. The topological polar surface area (TPSA) is 20.3 Å². The van der Waals surface area contributed by atoms with E-state index in [0.29, 0.717) is 0 Å². The molecule has 0 spiro atoms. The fourth-order valence-electron chi connectivity index (χ4n) is 3.18. The molecule has 1 aromatic carbocycles. The minimum absolute atomic E-state index is 0.225. The lowest BCUT2D eigenvalue weighted by Crippen LogP contribution is -2.30. The molecule has 0 unspecified atom stereocenters. The molecular weight excluding hydrogens is 290 g/mol. The maximum Gasteiger partial charge on any atom is 0.254 e. The van der Waals surface area contributed by atoms with Gasteiger partial charge in [0.2, 0.25) is 0 Å². The summed E-state index contributed by atoms with van der Waals surface area (Å²) in [7, 11) is 0. The van der Waals surface area contributed by atoms with Crippen molar-refractivity contribution in [3.8, 4) is 0 Å². The normalized spacial score (nSPS) is 20.3. The predicted octanol–water partition coefficient (Wildman–Crippen LogP) is 3.99. The second-order valence-corrected chi connectivity index (χ2v) is 6.41. The van der Waals surface area contributed by atoms with Gasteiger partial charge in [-0.15, -0.1) is 0 Å². The molecule has 1 aliphatic heterocycles. The Balaban J connectivity index is 1.71. The fourth-order valence-corrected chi connectivity index (χ4v) is 3.59. The summed E-state index contributed by atoms with van der Waals surface area (Å²) in [5.41, 5.74) is 2.07. The molecule has 1 heterocycles. The highest BCUT2D eigenvalue weighted by Crippen LogP contribution is 2.30. The molecule has 0 saturated heterocycles. The van der Waals surface area contributed by atoms with E-state index in [4.69, 9.17) is 0 Å². The van der Waals surface area contributed by atoms with Gasteiger partial charge in [-0.2, -0.15) is 0 Å². The van der Waals surface area contributed by atoms with Crippen molar-refractivity contribution in [2.24, 2.45) is 5.92 Å². The van der Waals surface area contributed by atoms with E-state index in [1.54, 1.807) is 0 Å². The van der Waals surface area contributed by atoms with Crippen LogP contribution in [0.2, 0.25) is 0 Å². The number of hydrogen-bond donors (Lipinski definition) is 0. The second-order valence-electron chi connectivity index (χ2n) is 5.49. The summed E-state index contributed by atoms with van der Waals surface area (Å²) in [6.07, 6.45) is 6.64. The van der Waals surface area contributed by atoms with Gasteiger partial charge >= 0.3 is 0 Å². The van der Waals surface area contributed by atoms with E-state index in [0.717, 1.165) is 29.0 Å². The van der Waals surface area contributed by atoms with Gasteiger partial charge in [0, 0.05) is 23.1 Å². The molecule has 0 N–H and O–H groups in total. The number of nitrogens with zero attached hydrogens (tertiary/aromatic N) is 1. The van der Waals surface area contributed by atoms with Crippen LogP contribution in [0.25, 0.3) is 0 Å². The van der Waals surface area contributed by atoms with Gasteiger partial charge in [-0.3, -0.25) is 4.79 Å². The molecule has 1 amide bonds. The zero-order valence-electron chi connectivity index (χ0n) is 10.5. The van der Waals surface area contributed by atoms with Crippen LogP contribution in [-0.4, -0.2) is 17.4 Å². The van der Waals surface area contributed by atoms with Crippen LogP contribution in [-0.2, 0) is 6.54 Å². The zero-order valence-corrected chi connectivity index (χ0v) is 12.1. The van der Waals surface area contributed by atoms with Crippen LogP contribution in [0.4, 0.5) is 0 Å². The van der Waals surface area contributed by atoms with Crippen molar-refractivity contribution in [2.45, 2.75) is 38.6 Å². The Morgan fingerprint density at radius 1 is 1.22 bits per heavy atom. The molecule has 1 aliphatic carbocycles. The summed E-state index contributed by atoms with van der Waals surface area (Å²) < 4.78 is 1.06. The largest absolute Gasteiger partial charge is 0.334 e. The highest BCUT2D eigenvalue weighted by molar-refractivity contribution is 9.10. The molecule has 1 fully saturated rings. The monoisotopic (exact) mass is 307 g/mol. The third kappa shape index (κ3) is 2.33. The summed E-state index contributed by atoms with van der Waals surface area (Å²) in [6, 6.07) is 5.98. The third-order valence-corrected chi connectivity index (χ3v) is 4.64. The van der Waals surface area contributed by atoms with Crippen LogP contribution in [0, 0.1) is 5.92 Å². The number of carbonyl (C=O) groups excluding carboxylic acids is 1. The van der Waals surface area contributed by atoms with Crippen molar-refractivity contribution in [1.29, 1.82) is 0 Å². The van der Waals surface area contributed by atoms with Gasteiger partial charge in [0.1, 0.15) is 0 Å². The van der Waals surface area contributed by atoms with Crippen LogP contribution in [0.3, 0.4) is 0 Å². The first-order valence-electron chi connectivity index (χ1n) is 6.82. The van der Waals surface area contributed by atoms with Gasteiger partial charge in [0.15, 0.2) is 0 Å². The summed E-state index contributed by atoms with van der Waals surface area (Å²) in [6.45, 7) is 1.75. The summed E-state index contributed by atoms with van der Waals surface area (Å²) in [4.78, 5) is 14.3. The molecule has 2 aliphatic rings. The second kappa shape index (κ2) is 5.04. The molecule has 0 bridgehead atoms. The molecule has 1 aromatic rings. The number of benzene rings is 1. The van der Waals surface area contributed by atoms with Gasteiger partial charge in [0.25, 0.3) is 5.91 Å². The molecule has 3 rings (SSSR count). The van der Waals surface area contributed by atoms with E-state index < -0.39 is 0 Å². The standard InChI is InChI=1S/C15H18BrNO/c16-13-6-7-14-12(8-13)10-17(15(14)18)9-11-4-2-1-3-5-11/h6-8,11H,1-5,9-10H2. The maximum atomic E-state index is 12.3. The first-order chi connectivity index (χ1) is 8.74. The molecule has 2 nitrogen and oxygen atoms in total. The van der Waals surface area contributed by atoms with Gasteiger partial charge in [-0.05, 0) is 42.5 Å². The molecule has 0 aromatic heterocycles. The quantitative estimate of drug-likeness (QED) is 0.809. The Kier molecular flexibility index (Phi) is 3.42. The SMILES string of the molecule is O=C1c2ccc(Br)cc2CN1CC1CCCCC1. The molecule has 3 heteroatoms. The molecule has 18 heavy (non-hydrogen) atoms. The minimum Gasteiger partial charge on any atom is -0.334 e. The number of hydrogen-bond acceptors (Lipinski definition) is 1. The molecule has 96 valence electrons. The van der Waals surface area contributed by atoms with Crippen molar-refractivity contribution in [3.63, 3.8) is 0 Å². The van der Waals surface area contributed by atoms with Crippen LogP contribution >= 0.6 is 15.9 Å². The Bertz CT molecular complexity index is 466. The Morgan fingerprint density at radius 2 is 2.00 bits per heavy atom. The first kappa shape index (κ1) is 12.2. The lowest BCUT2D eigenvalue weighted by Gasteiger charge is -2.26. The van der Waals surface area contributed by atoms with Crippen LogP contribution in [0.1, 0.15) is 48.0 Å². The van der Waals surface area contributed by atoms with E-state index in [2.05, 4.69) is 22.0 Å². The lowest BCUT2D eigenvalue weighted by molar-refractivity contribution is 0.0738. The van der Waals surface area contributed by atoms with E-state index in [1.165, 1.54) is 37.7 Å². The molecular formula is C15H18BrNO. The highest BCUT2D eigenvalue weighted by atomic mass is 79.9. The van der Waals surface area contributed by atoms with Crippen LogP contribution < -0.4 is 0 Å². The number of carbonyl (C=O) groups is 1. The summed E-state index contributed by atoms with van der Waals surface area (Å²) in [5, 5.41) is 0. The Hall–Kier alpha value is -0.830. The average molecular weight is 308 g/mol. The van der Waals surface area contributed by atoms with E-state index in [1.807, 2.05) is 17.0 Å². The van der Waals surface area contributed by atoms with Crippen LogP contribution in [0.15, 0.2) is 22.7 Å². The minimum atomic E-state index is 0.225. The first-order valence-corrected chi connectivity index (χ1v) is 7.61. The lowest BCUT2D eigenvalue weighted by atomic mass is 9.89. The number of fused-ring (bicyclic) bond motifs is 1. The van der Waals surface area contributed by atoms with Gasteiger partial charge < -0.3 is 4.90 Å².